The molecule has 0 fully saturated rings. The number of hydrogen-bond donors (Lipinski definition) is 1. The third-order valence-corrected chi connectivity index (χ3v) is 18.7. The second kappa shape index (κ2) is 81.4. The molecule has 0 spiro atoms. The van der Waals surface area contributed by atoms with E-state index in [0.29, 0.717) is 23.9 Å². The highest BCUT2D eigenvalue weighted by molar-refractivity contribution is 5.71. The van der Waals surface area contributed by atoms with Crippen LogP contribution in [0.5, 0.6) is 0 Å². The van der Waals surface area contributed by atoms with Gasteiger partial charge in [0.15, 0.2) is 6.10 Å². The van der Waals surface area contributed by atoms with Gasteiger partial charge in [-0.2, -0.15) is 0 Å². The van der Waals surface area contributed by atoms with E-state index >= 15 is 0 Å². The van der Waals surface area contributed by atoms with Crippen LogP contribution in [0.25, 0.3) is 0 Å². The minimum atomic E-state index is -1.52. The maximum absolute atomic E-state index is 13.0. The average molecular weight is 1410 g/mol. The predicted octanol–water partition coefficient (Wildman–Crippen LogP) is 27.8. The number of esters is 2. The van der Waals surface area contributed by atoms with E-state index in [-0.39, 0.29) is 32.2 Å². The maximum Gasteiger partial charge on any atom is 0.361 e. The third-order valence-electron chi connectivity index (χ3n) is 18.7. The van der Waals surface area contributed by atoms with Crippen molar-refractivity contribution >= 4 is 17.9 Å². The number of ether oxygens (including phenoxy) is 4. The summed E-state index contributed by atoms with van der Waals surface area (Å²) >= 11 is 0. The lowest BCUT2D eigenvalue weighted by Gasteiger charge is -2.25. The molecule has 0 amide bonds. The highest BCUT2D eigenvalue weighted by Crippen LogP contribution is 2.19. The molecule has 582 valence electrons. The van der Waals surface area contributed by atoms with Crippen LogP contribution in [0.15, 0.2) is 122 Å². The molecule has 2 unspecified atom stereocenters. The Kier molecular flexibility index (Phi) is 77.9. The van der Waals surface area contributed by atoms with Gasteiger partial charge in [-0.1, -0.05) is 386 Å². The number of carbonyl (C=O) groups excluding carboxylic acids is 2. The molecule has 0 saturated heterocycles. The summed E-state index contributed by atoms with van der Waals surface area (Å²) < 4.78 is 23.1. The number of likely N-dealkylation sites (N-methyl/N-ethyl adjacent to an activating group) is 1. The van der Waals surface area contributed by atoms with Crippen molar-refractivity contribution in [2.24, 2.45) is 0 Å². The first-order chi connectivity index (χ1) is 49.6. The largest absolute Gasteiger partial charge is 0.477 e. The van der Waals surface area contributed by atoms with Gasteiger partial charge in [-0.05, 0) is 109 Å². The van der Waals surface area contributed by atoms with E-state index in [4.69, 9.17) is 18.9 Å². The molecule has 9 heteroatoms. The molecule has 1 N–H and O–H groups in total. The van der Waals surface area contributed by atoms with Gasteiger partial charge in [0, 0.05) is 12.8 Å². The van der Waals surface area contributed by atoms with E-state index < -0.39 is 24.3 Å². The van der Waals surface area contributed by atoms with Crippen molar-refractivity contribution in [3.8, 4) is 0 Å². The molecule has 0 radical (unpaired) electrons. The molecule has 0 bridgehead atoms. The van der Waals surface area contributed by atoms with E-state index in [1.54, 1.807) is 0 Å². The van der Waals surface area contributed by atoms with Gasteiger partial charge in [-0.15, -0.1) is 0 Å². The highest BCUT2D eigenvalue weighted by Gasteiger charge is 2.25. The Morgan fingerprint density at radius 1 is 0.307 bits per heavy atom. The van der Waals surface area contributed by atoms with E-state index in [0.717, 1.165) is 103 Å². The topological polar surface area (TPSA) is 108 Å². The van der Waals surface area contributed by atoms with Crippen molar-refractivity contribution < 1.29 is 42.9 Å². The fourth-order valence-corrected chi connectivity index (χ4v) is 12.2. The number of unbranched alkanes of at least 4 members (excludes halogenated alkanes) is 44. The van der Waals surface area contributed by atoms with Crippen LogP contribution in [0.1, 0.15) is 386 Å². The van der Waals surface area contributed by atoms with E-state index in [1.807, 2.05) is 21.1 Å². The van der Waals surface area contributed by atoms with Gasteiger partial charge < -0.3 is 28.5 Å². The van der Waals surface area contributed by atoms with Gasteiger partial charge in [0.2, 0.25) is 0 Å². The Hall–Kier alpha value is -4.31. The average Bonchev–Trinajstić information content (AvgIpc) is 1.25. The lowest BCUT2D eigenvalue weighted by atomic mass is 10.0. The van der Waals surface area contributed by atoms with Crippen LogP contribution in [-0.4, -0.2) is 87.4 Å². The lowest BCUT2D eigenvalue weighted by Crippen LogP contribution is -2.40. The number of hydrogen-bond acceptors (Lipinski definition) is 7. The van der Waals surface area contributed by atoms with Crippen LogP contribution in [-0.2, 0) is 33.3 Å². The van der Waals surface area contributed by atoms with Crippen molar-refractivity contribution in [2.75, 3.05) is 47.5 Å². The molecule has 0 aromatic heterocycles. The minimum absolute atomic E-state index is 0.184. The monoisotopic (exact) mass is 1410 g/mol. The molecule has 0 aliphatic carbocycles. The number of aliphatic carboxylic acids is 1. The summed E-state index contributed by atoms with van der Waals surface area (Å²) in [7, 11) is 5.99. The zero-order valence-corrected chi connectivity index (χ0v) is 66.8. The lowest BCUT2D eigenvalue weighted by molar-refractivity contribution is -0.870. The molecule has 0 heterocycles. The predicted molar refractivity (Wildman–Crippen MR) is 438 cm³/mol. The zero-order chi connectivity index (χ0) is 73.2. The summed E-state index contributed by atoms with van der Waals surface area (Å²) in [6.45, 7) is 4.79. The van der Waals surface area contributed by atoms with Crippen molar-refractivity contribution in [3.05, 3.63) is 122 Å². The van der Waals surface area contributed by atoms with Gasteiger partial charge in [0.1, 0.15) is 13.2 Å². The van der Waals surface area contributed by atoms with Gasteiger partial charge >= 0.3 is 17.9 Å². The van der Waals surface area contributed by atoms with Crippen LogP contribution in [0.4, 0.5) is 0 Å². The number of carboxylic acid groups (broad SMARTS) is 1. The first kappa shape index (κ1) is 96.7. The quantitative estimate of drug-likeness (QED) is 0.0211. The fraction of sp³-hybridized carbons (Fsp3) is 0.750. The SMILES string of the molecule is CC/C=C\C/C=C\C/C=C\C/C=C\C/C=C\C/C=C\C/C=C\C/C=C\CCCCCCCCCCCCC(=O)OC(COC(=O)CCCCCCCCCCCCCCCCCCCCCCCCCCCCCCC/C=C\C/C=C\CCCCCCC)COC(OCC[N+](C)(C)C)C(=O)O. The Labute approximate surface area is 625 Å². The molecule has 101 heavy (non-hydrogen) atoms. The molecule has 0 aromatic carbocycles. The zero-order valence-electron chi connectivity index (χ0n) is 66.8. The van der Waals surface area contributed by atoms with Crippen LogP contribution in [0.2, 0.25) is 0 Å². The summed E-state index contributed by atoms with van der Waals surface area (Å²) in [6, 6.07) is 0. The number of carboxylic acids is 1. The van der Waals surface area contributed by atoms with Crippen molar-refractivity contribution in [2.45, 2.75) is 399 Å². The normalized spacial score (nSPS) is 13.2. The van der Waals surface area contributed by atoms with Gasteiger partial charge in [0.25, 0.3) is 6.29 Å². The van der Waals surface area contributed by atoms with Crippen molar-refractivity contribution in [1.29, 1.82) is 0 Å². The number of quaternary nitrogens is 1. The van der Waals surface area contributed by atoms with Gasteiger partial charge in [0.05, 0.1) is 34.4 Å². The van der Waals surface area contributed by atoms with Gasteiger partial charge in [-0.25, -0.2) is 4.79 Å². The molecular formula is C92H162NO8+. The van der Waals surface area contributed by atoms with E-state index in [2.05, 4.69) is 135 Å². The number of nitrogens with zero attached hydrogens (tertiary/aromatic N) is 1. The first-order valence-electron chi connectivity index (χ1n) is 42.7. The number of allylic oxidation sites excluding steroid dienone is 20. The van der Waals surface area contributed by atoms with Crippen molar-refractivity contribution in [3.63, 3.8) is 0 Å². The number of rotatable bonds is 79. The Morgan fingerprint density at radius 2 is 0.564 bits per heavy atom. The molecule has 9 nitrogen and oxygen atoms in total. The molecular weight excluding hydrogens is 1250 g/mol. The second-order valence-electron chi connectivity index (χ2n) is 29.8. The Morgan fingerprint density at radius 3 is 0.842 bits per heavy atom. The summed E-state index contributed by atoms with van der Waals surface area (Å²) in [5.41, 5.74) is 0. The molecule has 0 aliphatic heterocycles. The van der Waals surface area contributed by atoms with Crippen LogP contribution >= 0.6 is 0 Å². The third kappa shape index (κ3) is 82.8. The van der Waals surface area contributed by atoms with E-state index in [1.165, 1.54) is 250 Å². The Balaban J connectivity index is 3.99. The maximum atomic E-state index is 13.0. The molecule has 0 aromatic rings. The summed E-state index contributed by atoms with van der Waals surface area (Å²) in [5, 5.41) is 9.78. The Bertz CT molecular complexity index is 2090. The van der Waals surface area contributed by atoms with Crippen molar-refractivity contribution in [1.82, 2.24) is 0 Å². The van der Waals surface area contributed by atoms with Crippen LogP contribution < -0.4 is 0 Å². The molecule has 2 atom stereocenters. The van der Waals surface area contributed by atoms with Crippen LogP contribution in [0, 0.1) is 0 Å². The second-order valence-corrected chi connectivity index (χ2v) is 29.8. The molecule has 0 saturated carbocycles. The first-order valence-corrected chi connectivity index (χ1v) is 42.7. The minimum Gasteiger partial charge on any atom is -0.477 e. The highest BCUT2D eigenvalue weighted by atomic mass is 16.7. The fourth-order valence-electron chi connectivity index (χ4n) is 12.2. The molecule has 0 rings (SSSR count). The number of carbonyl (C=O) groups is 3. The summed E-state index contributed by atoms with van der Waals surface area (Å²) in [4.78, 5) is 37.8. The van der Waals surface area contributed by atoms with Gasteiger partial charge in [-0.3, -0.25) is 9.59 Å². The van der Waals surface area contributed by atoms with Crippen LogP contribution in [0.3, 0.4) is 0 Å². The smallest absolute Gasteiger partial charge is 0.361 e. The summed E-state index contributed by atoms with van der Waals surface area (Å²) in [5.74, 6) is -2.00. The van der Waals surface area contributed by atoms with E-state index in [9.17, 15) is 19.5 Å². The summed E-state index contributed by atoms with van der Waals surface area (Å²) in [6.07, 6.45) is 114. The standard InChI is InChI=1S/C92H161NO8/c1-6-8-10-12-14-16-18-20-22-24-26-28-30-32-34-36-38-40-42-43-44-45-46-47-49-50-52-54-56-58-60-62-64-66-68-70-72-74-76-78-80-82-89(94)99-86-88(87-100-92(91(96)97)98-85-84-93(3,4)5)101-90(95)83-81-79-77-75-73-71-69-67-65-63-61-59-57-55-53-51-48-41-39-37-35-33-31-29-27-25-23-21-19-17-15-13-11-9-7-2/h9,11,15,17-18,20-21,23-24,26-27,29,33,35,39,41,51,53,57,59,88,92H,6-8,10,12-14,16,19,22,25,28,30-32,34,36-38,40,42-50,52,54-56,58,60-87H2,1-5H3/p+1/b11-9-,17-15-,20-18-,23-21-,26-24-,29-27-,35-33-,41-39-,53-51-,59-57-. The molecule has 0 aliphatic rings.